The molecular weight excluding hydrogens is 395 g/mol. The smallest absolute Gasteiger partial charge is 0.137 e. The molecule has 0 radical (unpaired) electrons. The number of nitrogens with one attached hydrogen (secondary N) is 1. The molecule has 2 aliphatic rings. The predicted molar refractivity (Wildman–Crippen MR) is 120 cm³/mol. The molecule has 2 aromatic rings. The Bertz CT molecular complexity index is 717. The zero-order valence-corrected chi connectivity index (χ0v) is 18.1. The number of halogens is 2. The van der Waals surface area contributed by atoms with Crippen molar-refractivity contribution in [2.45, 2.75) is 57.5 Å². The van der Waals surface area contributed by atoms with Crippen LogP contribution in [0.2, 0.25) is 0 Å². The van der Waals surface area contributed by atoms with Crippen molar-refractivity contribution in [1.29, 1.82) is 0 Å². The molecule has 2 fully saturated rings. The van der Waals surface area contributed by atoms with Crippen LogP contribution in [0, 0.1) is 0 Å². The summed E-state index contributed by atoms with van der Waals surface area (Å²) < 4.78 is 5.46. The molecule has 2 heterocycles. The first-order chi connectivity index (χ1) is 12.9. The Balaban J connectivity index is 0.00000140. The molecule has 0 spiro atoms. The summed E-state index contributed by atoms with van der Waals surface area (Å²) in [4.78, 5) is 11.5. The zero-order valence-electron chi connectivity index (χ0n) is 16.4. The van der Waals surface area contributed by atoms with Crippen molar-refractivity contribution in [3.63, 3.8) is 0 Å². The number of morpholine rings is 1. The standard InChI is InChI=1S/C21H30N4O.2ClH/c1-2-4-6-18(7-5-3-1)24-21-19-14-17(8-9-20(19)22-16-23-21)15-25-10-12-26-13-11-25;;/h8-9,14,16,18H,1-7,10-13,15H2,(H,22,23,24);2*1H. The van der Waals surface area contributed by atoms with Gasteiger partial charge in [0.05, 0.1) is 18.7 Å². The molecule has 7 heteroatoms. The minimum absolute atomic E-state index is 0. The number of rotatable bonds is 4. The van der Waals surface area contributed by atoms with Gasteiger partial charge in [-0.25, -0.2) is 9.97 Å². The fraction of sp³-hybridized carbons (Fsp3) is 0.619. The predicted octanol–water partition coefficient (Wildman–Crippen LogP) is 4.83. The van der Waals surface area contributed by atoms with Gasteiger partial charge in [-0.2, -0.15) is 0 Å². The average molecular weight is 427 g/mol. The first-order valence-corrected chi connectivity index (χ1v) is 10.2. The van der Waals surface area contributed by atoms with Crippen LogP contribution in [0.25, 0.3) is 10.9 Å². The van der Waals surface area contributed by atoms with E-state index in [2.05, 4.69) is 38.4 Å². The number of benzene rings is 1. The van der Waals surface area contributed by atoms with Gasteiger partial charge in [-0.15, -0.1) is 24.8 Å². The molecule has 1 aromatic carbocycles. The maximum atomic E-state index is 5.46. The number of nitrogens with zero attached hydrogens (tertiary/aromatic N) is 3. The Hall–Kier alpha value is -1.14. The van der Waals surface area contributed by atoms with Crippen LogP contribution in [0.3, 0.4) is 0 Å². The van der Waals surface area contributed by atoms with Crippen LogP contribution in [0.5, 0.6) is 0 Å². The molecule has 0 atom stereocenters. The second-order valence-electron chi connectivity index (χ2n) is 7.65. The van der Waals surface area contributed by atoms with Crippen LogP contribution in [0.15, 0.2) is 24.5 Å². The summed E-state index contributed by atoms with van der Waals surface area (Å²) in [6.45, 7) is 4.67. The molecule has 1 aliphatic carbocycles. The molecule has 1 aliphatic heterocycles. The van der Waals surface area contributed by atoms with Crippen LogP contribution in [0.1, 0.15) is 50.5 Å². The highest BCUT2D eigenvalue weighted by Crippen LogP contribution is 2.25. The fourth-order valence-corrected chi connectivity index (χ4v) is 4.13. The highest BCUT2D eigenvalue weighted by Gasteiger charge is 2.15. The lowest BCUT2D eigenvalue weighted by Crippen LogP contribution is -2.35. The second kappa shape index (κ2) is 11.8. The van der Waals surface area contributed by atoms with Crippen molar-refractivity contribution in [2.75, 3.05) is 31.6 Å². The van der Waals surface area contributed by atoms with Gasteiger partial charge in [0.25, 0.3) is 0 Å². The Morgan fingerprint density at radius 1 is 0.964 bits per heavy atom. The highest BCUT2D eigenvalue weighted by atomic mass is 35.5. The van der Waals surface area contributed by atoms with Crippen molar-refractivity contribution >= 4 is 41.5 Å². The third kappa shape index (κ3) is 6.18. The SMILES string of the molecule is Cl.Cl.c1nc(NC2CCCCCCC2)c2cc(CN3CCOCC3)ccc2n1. The number of hydrogen-bond donors (Lipinski definition) is 1. The number of anilines is 1. The highest BCUT2D eigenvalue weighted by molar-refractivity contribution is 5.89. The van der Waals surface area contributed by atoms with Crippen LogP contribution in [-0.2, 0) is 11.3 Å². The molecule has 28 heavy (non-hydrogen) atoms. The van der Waals surface area contributed by atoms with E-state index in [1.165, 1.54) is 50.5 Å². The molecule has 1 saturated heterocycles. The maximum absolute atomic E-state index is 5.46. The monoisotopic (exact) mass is 426 g/mol. The van der Waals surface area contributed by atoms with Crippen molar-refractivity contribution in [2.24, 2.45) is 0 Å². The number of hydrogen-bond acceptors (Lipinski definition) is 5. The minimum Gasteiger partial charge on any atom is -0.379 e. The van der Waals surface area contributed by atoms with E-state index in [4.69, 9.17) is 4.74 Å². The maximum Gasteiger partial charge on any atom is 0.137 e. The van der Waals surface area contributed by atoms with Gasteiger partial charge < -0.3 is 10.1 Å². The zero-order chi connectivity index (χ0) is 17.6. The van der Waals surface area contributed by atoms with Gasteiger partial charge in [-0.3, -0.25) is 4.90 Å². The van der Waals surface area contributed by atoms with Gasteiger partial charge in [0.1, 0.15) is 12.1 Å². The Morgan fingerprint density at radius 2 is 1.68 bits per heavy atom. The van der Waals surface area contributed by atoms with Crippen LogP contribution < -0.4 is 5.32 Å². The molecule has 0 unspecified atom stereocenters. The lowest BCUT2D eigenvalue weighted by atomic mass is 9.96. The quantitative estimate of drug-likeness (QED) is 0.758. The number of fused-ring (bicyclic) bond motifs is 1. The van der Waals surface area contributed by atoms with Crippen LogP contribution >= 0.6 is 24.8 Å². The average Bonchev–Trinajstić information content (AvgIpc) is 2.65. The van der Waals surface area contributed by atoms with Gasteiger partial charge in [-0.1, -0.05) is 38.2 Å². The van der Waals surface area contributed by atoms with Crippen molar-refractivity contribution in [3.8, 4) is 0 Å². The van der Waals surface area contributed by atoms with Crippen molar-refractivity contribution < 1.29 is 4.74 Å². The number of aromatic nitrogens is 2. The van der Waals surface area contributed by atoms with E-state index >= 15 is 0 Å². The molecule has 156 valence electrons. The molecule has 0 bridgehead atoms. The molecule has 0 amide bonds. The summed E-state index contributed by atoms with van der Waals surface area (Å²) in [5, 5.41) is 4.89. The largest absolute Gasteiger partial charge is 0.379 e. The van der Waals surface area contributed by atoms with E-state index in [1.54, 1.807) is 6.33 Å². The number of ether oxygens (including phenoxy) is 1. The first kappa shape index (κ1) is 23.1. The first-order valence-electron chi connectivity index (χ1n) is 10.2. The summed E-state index contributed by atoms with van der Waals surface area (Å²) in [7, 11) is 0. The Morgan fingerprint density at radius 3 is 2.43 bits per heavy atom. The molecule has 1 saturated carbocycles. The molecule has 1 aromatic heterocycles. The van der Waals surface area contributed by atoms with E-state index in [-0.39, 0.29) is 24.8 Å². The van der Waals surface area contributed by atoms with Crippen LogP contribution in [-0.4, -0.2) is 47.2 Å². The van der Waals surface area contributed by atoms with E-state index in [0.717, 1.165) is 49.6 Å². The Labute approximate surface area is 180 Å². The van der Waals surface area contributed by atoms with E-state index in [9.17, 15) is 0 Å². The fourth-order valence-electron chi connectivity index (χ4n) is 4.13. The molecular formula is C21H32Cl2N4O. The lowest BCUT2D eigenvalue weighted by molar-refractivity contribution is 0.0342. The topological polar surface area (TPSA) is 50.3 Å². The van der Waals surface area contributed by atoms with Gasteiger partial charge in [-0.05, 0) is 30.5 Å². The summed E-state index contributed by atoms with van der Waals surface area (Å²) in [6, 6.07) is 7.15. The van der Waals surface area contributed by atoms with E-state index < -0.39 is 0 Å². The van der Waals surface area contributed by atoms with E-state index in [1.807, 2.05) is 0 Å². The van der Waals surface area contributed by atoms with Crippen molar-refractivity contribution in [3.05, 3.63) is 30.1 Å². The molecule has 5 nitrogen and oxygen atoms in total. The third-order valence-electron chi connectivity index (χ3n) is 5.66. The summed E-state index contributed by atoms with van der Waals surface area (Å²) in [5.41, 5.74) is 2.36. The molecule has 4 rings (SSSR count). The summed E-state index contributed by atoms with van der Waals surface area (Å²) in [6.07, 6.45) is 11.0. The molecule has 1 N–H and O–H groups in total. The van der Waals surface area contributed by atoms with Crippen LogP contribution in [0.4, 0.5) is 5.82 Å². The lowest BCUT2D eigenvalue weighted by Gasteiger charge is -2.26. The summed E-state index contributed by atoms with van der Waals surface area (Å²) >= 11 is 0. The Kier molecular flexibility index (Phi) is 9.72. The van der Waals surface area contributed by atoms with Gasteiger partial charge in [0.15, 0.2) is 0 Å². The van der Waals surface area contributed by atoms with Gasteiger partial charge in [0, 0.05) is 31.1 Å². The van der Waals surface area contributed by atoms with E-state index in [0.29, 0.717) is 6.04 Å². The summed E-state index contributed by atoms with van der Waals surface area (Å²) in [5.74, 6) is 1.00. The third-order valence-corrected chi connectivity index (χ3v) is 5.66. The normalized spacial score (nSPS) is 19.1. The van der Waals surface area contributed by atoms with Gasteiger partial charge in [0.2, 0.25) is 0 Å². The second-order valence-corrected chi connectivity index (χ2v) is 7.65. The van der Waals surface area contributed by atoms with Crippen molar-refractivity contribution in [1.82, 2.24) is 14.9 Å². The van der Waals surface area contributed by atoms with Gasteiger partial charge >= 0.3 is 0 Å². The minimum atomic E-state index is 0.